The van der Waals surface area contributed by atoms with Crippen LogP contribution in [-0.2, 0) is 4.74 Å². The molecular formula is C18H22N4O2. The monoisotopic (exact) mass is 326 g/mol. The van der Waals surface area contributed by atoms with Gasteiger partial charge < -0.3 is 15.0 Å². The SMILES string of the molecule is CCN(c1ccccc1)c1ccc(C(=O)NCC2CCCO2)nn1. The second-order valence-corrected chi connectivity index (χ2v) is 5.70. The van der Waals surface area contributed by atoms with Crippen molar-refractivity contribution < 1.29 is 9.53 Å². The molecule has 0 saturated carbocycles. The van der Waals surface area contributed by atoms with Crippen molar-refractivity contribution in [2.75, 3.05) is 24.6 Å². The van der Waals surface area contributed by atoms with Crippen molar-refractivity contribution in [2.45, 2.75) is 25.9 Å². The zero-order valence-corrected chi connectivity index (χ0v) is 13.8. The maximum atomic E-state index is 12.1. The fourth-order valence-electron chi connectivity index (χ4n) is 2.78. The van der Waals surface area contributed by atoms with E-state index in [9.17, 15) is 4.79 Å². The molecule has 2 heterocycles. The average Bonchev–Trinajstić information content (AvgIpc) is 3.15. The van der Waals surface area contributed by atoms with Gasteiger partial charge in [0.2, 0.25) is 0 Å². The maximum absolute atomic E-state index is 12.1. The van der Waals surface area contributed by atoms with Gasteiger partial charge in [0.05, 0.1) is 6.10 Å². The highest BCUT2D eigenvalue weighted by atomic mass is 16.5. The zero-order valence-electron chi connectivity index (χ0n) is 13.8. The van der Waals surface area contributed by atoms with Crippen molar-refractivity contribution in [2.24, 2.45) is 0 Å². The molecule has 1 aromatic heterocycles. The van der Waals surface area contributed by atoms with Crippen molar-refractivity contribution in [3.8, 4) is 0 Å². The number of anilines is 2. The van der Waals surface area contributed by atoms with E-state index in [1.807, 2.05) is 41.3 Å². The van der Waals surface area contributed by atoms with Gasteiger partial charge in [-0.15, -0.1) is 10.2 Å². The van der Waals surface area contributed by atoms with Crippen LogP contribution in [0.2, 0.25) is 0 Å². The summed E-state index contributed by atoms with van der Waals surface area (Å²) in [6, 6.07) is 13.5. The van der Waals surface area contributed by atoms with Crippen LogP contribution in [-0.4, -0.2) is 41.9 Å². The first kappa shape index (κ1) is 16.4. The number of aromatic nitrogens is 2. The lowest BCUT2D eigenvalue weighted by atomic mass is 10.2. The number of amides is 1. The fourth-order valence-corrected chi connectivity index (χ4v) is 2.78. The third-order valence-electron chi connectivity index (χ3n) is 4.06. The summed E-state index contributed by atoms with van der Waals surface area (Å²) in [4.78, 5) is 14.2. The molecule has 24 heavy (non-hydrogen) atoms. The molecule has 6 nitrogen and oxygen atoms in total. The van der Waals surface area contributed by atoms with Gasteiger partial charge in [0, 0.05) is 25.4 Å². The van der Waals surface area contributed by atoms with Crippen molar-refractivity contribution in [3.63, 3.8) is 0 Å². The number of para-hydroxylation sites is 1. The second kappa shape index (κ2) is 7.88. The van der Waals surface area contributed by atoms with Gasteiger partial charge in [0.15, 0.2) is 11.5 Å². The van der Waals surface area contributed by atoms with Crippen LogP contribution >= 0.6 is 0 Å². The van der Waals surface area contributed by atoms with Gasteiger partial charge in [-0.3, -0.25) is 4.79 Å². The minimum absolute atomic E-state index is 0.120. The molecule has 1 amide bonds. The smallest absolute Gasteiger partial charge is 0.271 e. The number of nitrogens with one attached hydrogen (secondary N) is 1. The summed E-state index contributed by atoms with van der Waals surface area (Å²) < 4.78 is 5.50. The van der Waals surface area contributed by atoms with Crippen LogP contribution in [0.5, 0.6) is 0 Å². The van der Waals surface area contributed by atoms with Gasteiger partial charge in [-0.1, -0.05) is 18.2 Å². The third-order valence-corrected chi connectivity index (χ3v) is 4.06. The Hall–Kier alpha value is -2.47. The Morgan fingerprint density at radius 1 is 1.25 bits per heavy atom. The molecule has 1 unspecified atom stereocenters. The van der Waals surface area contributed by atoms with Gasteiger partial charge in [0.1, 0.15) is 0 Å². The van der Waals surface area contributed by atoms with E-state index in [1.54, 1.807) is 6.07 Å². The number of carbonyl (C=O) groups excluding carboxylic acids is 1. The van der Waals surface area contributed by atoms with Crippen LogP contribution in [0.4, 0.5) is 11.5 Å². The first-order valence-corrected chi connectivity index (χ1v) is 8.34. The number of ether oxygens (including phenoxy) is 1. The van der Waals surface area contributed by atoms with Crippen LogP contribution < -0.4 is 10.2 Å². The molecule has 1 aliphatic heterocycles. The van der Waals surface area contributed by atoms with Crippen LogP contribution in [0, 0.1) is 0 Å². The summed E-state index contributed by atoms with van der Waals surface area (Å²) in [6.07, 6.45) is 2.17. The summed E-state index contributed by atoms with van der Waals surface area (Å²) in [5.41, 5.74) is 1.37. The van der Waals surface area contributed by atoms with E-state index in [4.69, 9.17) is 4.74 Å². The number of nitrogens with zero attached hydrogens (tertiary/aromatic N) is 3. The highest BCUT2D eigenvalue weighted by Gasteiger charge is 2.17. The number of hydrogen-bond donors (Lipinski definition) is 1. The molecule has 1 aliphatic rings. The van der Waals surface area contributed by atoms with Gasteiger partial charge in [0.25, 0.3) is 5.91 Å². The zero-order chi connectivity index (χ0) is 16.8. The molecule has 126 valence electrons. The molecular weight excluding hydrogens is 304 g/mol. The molecule has 0 radical (unpaired) electrons. The van der Waals surface area contributed by atoms with Crippen molar-refractivity contribution in [1.29, 1.82) is 0 Å². The summed E-state index contributed by atoms with van der Waals surface area (Å²) >= 11 is 0. The molecule has 6 heteroatoms. The molecule has 0 aliphatic carbocycles. The van der Waals surface area contributed by atoms with E-state index in [-0.39, 0.29) is 12.0 Å². The Morgan fingerprint density at radius 3 is 2.71 bits per heavy atom. The van der Waals surface area contributed by atoms with E-state index in [0.29, 0.717) is 12.2 Å². The number of carbonyl (C=O) groups is 1. The lowest BCUT2D eigenvalue weighted by Gasteiger charge is -2.21. The third kappa shape index (κ3) is 3.89. The fraction of sp³-hybridized carbons (Fsp3) is 0.389. The van der Waals surface area contributed by atoms with E-state index in [1.165, 1.54) is 0 Å². The Bertz CT molecular complexity index is 654. The van der Waals surface area contributed by atoms with E-state index >= 15 is 0 Å². The Morgan fingerprint density at radius 2 is 2.08 bits per heavy atom. The van der Waals surface area contributed by atoms with Gasteiger partial charge >= 0.3 is 0 Å². The molecule has 1 N–H and O–H groups in total. The van der Waals surface area contributed by atoms with Crippen LogP contribution in [0.3, 0.4) is 0 Å². The Labute approximate surface area is 141 Å². The molecule has 0 spiro atoms. The standard InChI is InChI=1S/C18H22N4O2/c1-2-22(14-7-4-3-5-8-14)17-11-10-16(20-21-17)18(23)19-13-15-9-6-12-24-15/h3-5,7-8,10-11,15H,2,6,9,12-13H2,1H3,(H,19,23). The number of benzene rings is 1. The Balaban J connectivity index is 1.64. The molecule has 2 aromatic rings. The van der Waals surface area contributed by atoms with Gasteiger partial charge in [-0.25, -0.2) is 0 Å². The average molecular weight is 326 g/mol. The summed E-state index contributed by atoms with van der Waals surface area (Å²) in [5.74, 6) is 0.506. The largest absolute Gasteiger partial charge is 0.376 e. The maximum Gasteiger partial charge on any atom is 0.271 e. The highest BCUT2D eigenvalue weighted by Crippen LogP contribution is 2.22. The molecule has 1 saturated heterocycles. The van der Waals surface area contributed by atoms with Gasteiger partial charge in [-0.2, -0.15) is 0 Å². The summed E-state index contributed by atoms with van der Waals surface area (Å²) in [5, 5.41) is 11.1. The van der Waals surface area contributed by atoms with Crippen LogP contribution in [0.15, 0.2) is 42.5 Å². The topological polar surface area (TPSA) is 67.4 Å². The van der Waals surface area contributed by atoms with E-state index in [0.717, 1.165) is 37.5 Å². The van der Waals surface area contributed by atoms with Gasteiger partial charge in [-0.05, 0) is 44.0 Å². The first-order chi connectivity index (χ1) is 11.8. The van der Waals surface area contributed by atoms with Crippen molar-refractivity contribution in [3.05, 3.63) is 48.2 Å². The molecule has 1 aromatic carbocycles. The summed E-state index contributed by atoms with van der Waals surface area (Å²) in [7, 11) is 0. The van der Waals surface area contributed by atoms with E-state index in [2.05, 4.69) is 22.4 Å². The highest BCUT2D eigenvalue weighted by molar-refractivity contribution is 5.92. The first-order valence-electron chi connectivity index (χ1n) is 8.34. The number of hydrogen-bond acceptors (Lipinski definition) is 5. The minimum atomic E-state index is -0.215. The molecule has 1 fully saturated rings. The molecule has 3 rings (SSSR count). The number of rotatable bonds is 6. The summed E-state index contributed by atoms with van der Waals surface area (Å²) in [6.45, 7) is 4.12. The normalized spacial score (nSPS) is 16.8. The minimum Gasteiger partial charge on any atom is -0.376 e. The van der Waals surface area contributed by atoms with Crippen molar-refractivity contribution >= 4 is 17.4 Å². The molecule has 1 atom stereocenters. The molecule has 0 bridgehead atoms. The van der Waals surface area contributed by atoms with Crippen LogP contribution in [0.25, 0.3) is 0 Å². The lowest BCUT2D eigenvalue weighted by Crippen LogP contribution is -2.32. The quantitative estimate of drug-likeness (QED) is 0.883. The van der Waals surface area contributed by atoms with E-state index < -0.39 is 0 Å². The predicted octanol–water partition coefficient (Wildman–Crippen LogP) is 2.54. The predicted molar refractivity (Wildman–Crippen MR) is 92.5 cm³/mol. The van der Waals surface area contributed by atoms with Crippen molar-refractivity contribution in [1.82, 2.24) is 15.5 Å². The lowest BCUT2D eigenvalue weighted by molar-refractivity contribution is 0.0853. The van der Waals surface area contributed by atoms with Crippen LogP contribution in [0.1, 0.15) is 30.3 Å². The second-order valence-electron chi connectivity index (χ2n) is 5.70. The Kier molecular flexibility index (Phi) is 5.38.